The first-order chi connectivity index (χ1) is 10.8. The van der Waals surface area contributed by atoms with Crippen LogP contribution in [0.4, 0.5) is 0 Å². The molecule has 0 bridgehead atoms. The SMILES string of the molecule is CC1CCN(CCc2nnc(-c3cc4occc4s3)o2)CC1. The van der Waals surface area contributed by atoms with Gasteiger partial charge in [0, 0.05) is 19.0 Å². The first-order valence-corrected chi connectivity index (χ1v) is 8.62. The van der Waals surface area contributed by atoms with Crippen LogP contribution in [0.5, 0.6) is 0 Å². The number of aromatic nitrogens is 2. The largest absolute Gasteiger partial charge is 0.463 e. The molecule has 0 saturated carbocycles. The van der Waals surface area contributed by atoms with Crippen LogP contribution in [0.3, 0.4) is 0 Å². The number of hydrogen-bond acceptors (Lipinski definition) is 6. The van der Waals surface area contributed by atoms with Crippen LogP contribution in [0.15, 0.2) is 27.2 Å². The van der Waals surface area contributed by atoms with E-state index in [1.54, 1.807) is 17.6 Å². The van der Waals surface area contributed by atoms with E-state index in [0.29, 0.717) is 5.89 Å². The molecule has 1 aliphatic rings. The molecule has 3 aromatic rings. The van der Waals surface area contributed by atoms with E-state index >= 15 is 0 Å². The van der Waals surface area contributed by atoms with E-state index in [1.807, 2.05) is 12.1 Å². The average Bonchev–Trinajstić information content (AvgIpc) is 3.21. The van der Waals surface area contributed by atoms with Crippen LogP contribution in [0.2, 0.25) is 0 Å². The Labute approximate surface area is 132 Å². The van der Waals surface area contributed by atoms with Gasteiger partial charge in [0.2, 0.25) is 5.89 Å². The van der Waals surface area contributed by atoms with Crippen molar-refractivity contribution in [2.24, 2.45) is 5.92 Å². The van der Waals surface area contributed by atoms with E-state index in [2.05, 4.69) is 22.0 Å². The molecule has 1 fully saturated rings. The van der Waals surface area contributed by atoms with Crippen LogP contribution >= 0.6 is 11.3 Å². The Morgan fingerprint density at radius 2 is 2.18 bits per heavy atom. The Morgan fingerprint density at radius 3 is 3.00 bits per heavy atom. The number of likely N-dealkylation sites (tertiary alicyclic amines) is 1. The van der Waals surface area contributed by atoms with Crippen LogP contribution in [0.1, 0.15) is 25.7 Å². The molecular formula is C16H19N3O2S. The predicted octanol–water partition coefficient (Wildman–Crippen LogP) is 3.82. The second kappa shape index (κ2) is 5.85. The minimum Gasteiger partial charge on any atom is -0.463 e. The van der Waals surface area contributed by atoms with E-state index < -0.39 is 0 Å². The van der Waals surface area contributed by atoms with Crippen molar-refractivity contribution in [2.75, 3.05) is 19.6 Å². The van der Waals surface area contributed by atoms with Gasteiger partial charge in [-0.3, -0.25) is 0 Å². The third-order valence-electron chi connectivity index (χ3n) is 4.34. The zero-order chi connectivity index (χ0) is 14.9. The van der Waals surface area contributed by atoms with Gasteiger partial charge in [-0.15, -0.1) is 21.5 Å². The van der Waals surface area contributed by atoms with Crippen molar-refractivity contribution in [1.29, 1.82) is 0 Å². The summed E-state index contributed by atoms with van der Waals surface area (Å²) in [5, 5.41) is 8.35. The van der Waals surface area contributed by atoms with Gasteiger partial charge in [-0.2, -0.15) is 0 Å². The smallest absolute Gasteiger partial charge is 0.257 e. The maximum absolute atomic E-state index is 5.80. The quantitative estimate of drug-likeness (QED) is 0.732. The molecule has 3 aromatic heterocycles. The number of furan rings is 1. The highest BCUT2D eigenvalue weighted by molar-refractivity contribution is 7.22. The summed E-state index contributed by atoms with van der Waals surface area (Å²) in [6.45, 7) is 5.70. The normalized spacial score (nSPS) is 17.5. The summed E-state index contributed by atoms with van der Waals surface area (Å²) in [6, 6.07) is 3.92. The number of piperidine rings is 1. The van der Waals surface area contributed by atoms with Gasteiger partial charge >= 0.3 is 0 Å². The summed E-state index contributed by atoms with van der Waals surface area (Å²) in [5.41, 5.74) is 0.877. The summed E-state index contributed by atoms with van der Waals surface area (Å²) in [6.07, 6.45) is 5.11. The van der Waals surface area contributed by atoms with Crippen molar-refractivity contribution < 1.29 is 8.83 Å². The molecule has 0 N–H and O–H groups in total. The summed E-state index contributed by atoms with van der Waals surface area (Å²) < 4.78 is 12.3. The van der Waals surface area contributed by atoms with Crippen LogP contribution in [-0.2, 0) is 6.42 Å². The summed E-state index contributed by atoms with van der Waals surface area (Å²) in [5.74, 6) is 2.18. The molecule has 0 radical (unpaired) electrons. The number of fused-ring (bicyclic) bond motifs is 1. The Morgan fingerprint density at radius 1 is 1.32 bits per heavy atom. The van der Waals surface area contributed by atoms with Crippen LogP contribution in [-0.4, -0.2) is 34.7 Å². The van der Waals surface area contributed by atoms with Gasteiger partial charge in [-0.25, -0.2) is 0 Å². The fraction of sp³-hybridized carbons (Fsp3) is 0.500. The lowest BCUT2D eigenvalue weighted by atomic mass is 9.99. The van der Waals surface area contributed by atoms with Crippen molar-refractivity contribution in [2.45, 2.75) is 26.2 Å². The topological polar surface area (TPSA) is 55.3 Å². The third kappa shape index (κ3) is 2.80. The van der Waals surface area contributed by atoms with Crippen molar-refractivity contribution in [1.82, 2.24) is 15.1 Å². The lowest BCUT2D eigenvalue weighted by molar-refractivity contribution is 0.191. The highest BCUT2D eigenvalue weighted by Crippen LogP contribution is 2.33. The van der Waals surface area contributed by atoms with Crippen molar-refractivity contribution in [3.8, 4) is 10.8 Å². The van der Waals surface area contributed by atoms with Crippen LogP contribution < -0.4 is 0 Å². The molecule has 0 aliphatic carbocycles. The van der Waals surface area contributed by atoms with Gasteiger partial charge < -0.3 is 13.7 Å². The van der Waals surface area contributed by atoms with Crippen molar-refractivity contribution in [3.63, 3.8) is 0 Å². The number of thiophene rings is 1. The highest BCUT2D eigenvalue weighted by atomic mass is 32.1. The molecule has 6 heteroatoms. The fourth-order valence-electron chi connectivity index (χ4n) is 2.86. The average molecular weight is 317 g/mol. The van der Waals surface area contributed by atoms with Crippen LogP contribution in [0.25, 0.3) is 21.1 Å². The molecule has 4 heterocycles. The fourth-order valence-corrected chi connectivity index (χ4v) is 3.77. The van der Waals surface area contributed by atoms with E-state index in [-0.39, 0.29) is 0 Å². The van der Waals surface area contributed by atoms with Gasteiger partial charge in [-0.1, -0.05) is 6.92 Å². The van der Waals surface area contributed by atoms with Gasteiger partial charge in [0.05, 0.1) is 15.8 Å². The minimum atomic E-state index is 0.596. The third-order valence-corrected chi connectivity index (χ3v) is 5.40. The summed E-state index contributed by atoms with van der Waals surface area (Å²) >= 11 is 1.62. The van der Waals surface area contributed by atoms with Gasteiger partial charge in [0.25, 0.3) is 5.89 Å². The molecular weight excluding hydrogens is 298 g/mol. The second-order valence-corrected chi connectivity index (χ2v) is 7.12. The summed E-state index contributed by atoms with van der Waals surface area (Å²) in [7, 11) is 0. The molecule has 0 spiro atoms. The molecule has 4 rings (SSSR count). The maximum Gasteiger partial charge on any atom is 0.257 e. The maximum atomic E-state index is 5.80. The first-order valence-electron chi connectivity index (χ1n) is 7.80. The minimum absolute atomic E-state index is 0.596. The van der Waals surface area contributed by atoms with E-state index in [0.717, 1.165) is 39.9 Å². The summed E-state index contributed by atoms with van der Waals surface area (Å²) in [4.78, 5) is 3.46. The molecule has 0 amide bonds. The van der Waals surface area contributed by atoms with E-state index in [4.69, 9.17) is 8.83 Å². The second-order valence-electron chi connectivity index (χ2n) is 6.03. The molecule has 116 valence electrons. The Bertz CT molecular complexity index is 724. The Kier molecular flexibility index (Phi) is 3.72. The lowest BCUT2D eigenvalue weighted by Crippen LogP contribution is -2.34. The monoisotopic (exact) mass is 317 g/mol. The van der Waals surface area contributed by atoms with Crippen molar-refractivity contribution in [3.05, 3.63) is 24.3 Å². The number of rotatable bonds is 4. The van der Waals surface area contributed by atoms with Crippen molar-refractivity contribution >= 4 is 21.6 Å². The van der Waals surface area contributed by atoms with Gasteiger partial charge in [-0.05, 0) is 37.9 Å². The molecule has 1 aliphatic heterocycles. The zero-order valence-corrected chi connectivity index (χ0v) is 13.4. The molecule has 0 unspecified atom stereocenters. The molecule has 1 saturated heterocycles. The number of nitrogens with zero attached hydrogens (tertiary/aromatic N) is 3. The first kappa shape index (κ1) is 14.0. The standard InChI is InChI=1S/C16H19N3O2S/c1-11-2-6-19(7-3-11)8-4-15-17-18-16(21-15)14-10-12-13(22-14)5-9-20-12/h5,9-11H,2-4,6-8H2,1H3. The molecule has 0 atom stereocenters. The molecule has 5 nitrogen and oxygen atoms in total. The molecule has 22 heavy (non-hydrogen) atoms. The molecule has 0 aromatic carbocycles. The Balaban J connectivity index is 1.40. The number of hydrogen-bond donors (Lipinski definition) is 0. The Hall–Kier alpha value is -1.66. The predicted molar refractivity (Wildman–Crippen MR) is 85.9 cm³/mol. The van der Waals surface area contributed by atoms with Crippen LogP contribution in [0, 0.1) is 5.92 Å². The zero-order valence-electron chi connectivity index (χ0n) is 12.6. The highest BCUT2D eigenvalue weighted by Gasteiger charge is 2.17. The van der Waals surface area contributed by atoms with E-state index in [1.165, 1.54) is 25.9 Å². The lowest BCUT2D eigenvalue weighted by Gasteiger charge is -2.29. The van der Waals surface area contributed by atoms with E-state index in [9.17, 15) is 0 Å². The van der Waals surface area contributed by atoms with Gasteiger partial charge in [0.15, 0.2) is 0 Å². The van der Waals surface area contributed by atoms with Gasteiger partial charge in [0.1, 0.15) is 5.58 Å².